The molecule has 0 amide bonds. The molecule has 1 aromatic rings. The fourth-order valence-electron chi connectivity index (χ4n) is 2.12. The Bertz CT molecular complexity index is 300. The van der Waals surface area contributed by atoms with E-state index in [0.29, 0.717) is 0 Å². The van der Waals surface area contributed by atoms with E-state index in [2.05, 4.69) is 17.2 Å². The Kier molecular flexibility index (Phi) is 3.19. The van der Waals surface area contributed by atoms with Gasteiger partial charge in [0.1, 0.15) is 0 Å². The fraction of sp³-hybridized carbons (Fsp3) is 0.727. The van der Waals surface area contributed by atoms with Gasteiger partial charge in [0.25, 0.3) is 0 Å². The molecule has 78 valence electrons. The predicted octanol–water partition coefficient (Wildman–Crippen LogP) is 2.83. The van der Waals surface area contributed by atoms with E-state index in [1.807, 2.05) is 18.4 Å². The highest BCUT2D eigenvalue weighted by Gasteiger charge is 2.21. The second-order valence-electron chi connectivity index (χ2n) is 4.07. The standard InChI is InChI=1S/C11H18N2S/c1-8-10(7-12-2)14-11(13-8)9-5-3-4-6-9/h9,12H,3-7H2,1-2H3. The van der Waals surface area contributed by atoms with Gasteiger partial charge in [0.05, 0.1) is 10.7 Å². The lowest BCUT2D eigenvalue weighted by Crippen LogP contribution is -2.04. The van der Waals surface area contributed by atoms with Gasteiger partial charge in [-0.25, -0.2) is 4.98 Å². The molecule has 0 atom stereocenters. The summed E-state index contributed by atoms with van der Waals surface area (Å²) in [5, 5.41) is 4.58. The van der Waals surface area contributed by atoms with Crippen LogP contribution in [0.25, 0.3) is 0 Å². The topological polar surface area (TPSA) is 24.9 Å². The number of aryl methyl sites for hydroxylation is 1. The van der Waals surface area contributed by atoms with Gasteiger partial charge in [0.15, 0.2) is 0 Å². The highest BCUT2D eigenvalue weighted by molar-refractivity contribution is 7.11. The third-order valence-corrected chi connectivity index (χ3v) is 4.27. The lowest BCUT2D eigenvalue weighted by atomic mass is 10.1. The maximum absolute atomic E-state index is 4.69. The average Bonchev–Trinajstić information content (AvgIpc) is 2.76. The van der Waals surface area contributed by atoms with Gasteiger partial charge < -0.3 is 5.32 Å². The first-order valence-corrected chi connectivity index (χ1v) is 6.23. The van der Waals surface area contributed by atoms with Gasteiger partial charge in [-0.1, -0.05) is 12.8 Å². The van der Waals surface area contributed by atoms with Gasteiger partial charge in [-0.05, 0) is 26.8 Å². The van der Waals surface area contributed by atoms with E-state index in [9.17, 15) is 0 Å². The van der Waals surface area contributed by atoms with Crippen molar-refractivity contribution >= 4 is 11.3 Å². The molecule has 0 aromatic carbocycles. The average molecular weight is 210 g/mol. The summed E-state index contributed by atoms with van der Waals surface area (Å²) in [7, 11) is 1.99. The van der Waals surface area contributed by atoms with E-state index >= 15 is 0 Å². The summed E-state index contributed by atoms with van der Waals surface area (Å²) in [6, 6.07) is 0. The minimum Gasteiger partial charge on any atom is -0.315 e. The maximum atomic E-state index is 4.69. The van der Waals surface area contributed by atoms with Crippen LogP contribution in [0, 0.1) is 6.92 Å². The van der Waals surface area contributed by atoms with Gasteiger partial charge in [0, 0.05) is 17.3 Å². The fourth-order valence-corrected chi connectivity index (χ4v) is 3.37. The highest BCUT2D eigenvalue weighted by Crippen LogP contribution is 2.36. The summed E-state index contributed by atoms with van der Waals surface area (Å²) in [6.45, 7) is 3.10. The Morgan fingerprint density at radius 3 is 2.79 bits per heavy atom. The quantitative estimate of drug-likeness (QED) is 0.830. The van der Waals surface area contributed by atoms with Gasteiger partial charge in [-0.3, -0.25) is 0 Å². The van der Waals surface area contributed by atoms with Crippen LogP contribution in [0.4, 0.5) is 0 Å². The Balaban J connectivity index is 2.14. The molecule has 1 fully saturated rings. The molecule has 0 radical (unpaired) electrons. The first kappa shape index (κ1) is 10.1. The number of hydrogen-bond acceptors (Lipinski definition) is 3. The maximum Gasteiger partial charge on any atom is 0.0962 e. The van der Waals surface area contributed by atoms with Crippen molar-refractivity contribution in [3.05, 3.63) is 15.6 Å². The van der Waals surface area contributed by atoms with Crippen LogP contribution in [0.2, 0.25) is 0 Å². The van der Waals surface area contributed by atoms with E-state index in [1.54, 1.807) is 0 Å². The second kappa shape index (κ2) is 4.41. The number of rotatable bonds is 3. The molecule has 2 rings (SSSR count). The van der Waals surface area contributed by atoms with Gasteiger partial charge in [-0.15, -0.1) is 11.3 Å². The first-order chi connectivity index (χ1) is 6.81. The van der Waals surface area contributed by atoms with Crippen molar-refractivity contribution in [2.24, 2.45) is 0 Å². The molecule has 0 spiro atoms. The summed E-state index contributed by atoms with van der Waals surface area (Å²) in [5.41, 5.74) is 1.23. The van der Waals surface area contributed by atoms with Crippen LogP contribution in [-0.4, -0.2) is 12.0 Å². The van der Waals surface area contributed by atoms with Crippen LogP contribution in [0.15, 0.2) is 0 Å². The minimum atomic E-state index is 0.768. The van der Waals surface area contributed by atoms with Crippen LogP contribution in [0.3, 0.4) is 0 Å². The Hall–Kier alpha value is -0.410. The number of nitrogens with one attached hydrogen (secondary N) is 1. The van der Waals surface area contributed by atoms with E-state index < -0.39 is 0 Å². The summed E-state index contributed by atoms with van der Waals surface area (Å²) in [5.74, 6) is 0.768. The second-order valence-corrected chi connectivity index (χ2v) is 5.19. The molecule has 1 saturated carbocycles. The van der Waals surface area contributed by atoms with Crippen molar-refractivity contribution in [2.45, 2.75) is 45.1 Å². The number of thiazole rings is 1. The molecule has 0 aliphatic heterocycles. The number of hydrogen-bond donors (Lipinski definition) is 1. The van der Waals surface area contributed by atoms with E-state index in [-0.39, 0.29) is 0 Å². The van der Waals surface area contributed by atoms with Crippen molar-refractivity contribution < 1.29 is 0 Å². The molecule has 0 unspecified atom stereocenters. The molecule has 1 aromatic heterocycles. The molecule has 0 saturated heterocycles. The van der Waals surface area contributed by atoms with E-state index in [0.717, 1.165) is 12.5 Å². The normalized spacial score (nSPS) is 17.9. The van der Waals surface area contributed by atoms with Crippen molar-refractivity contribution in [3.63, 3.8) is 0 Å². The lowest BCUT2D eigenvalue weighted by molar-refractivity contribution is 0.714. The van der Waals surface area contributed by atoms with Crippen molar-refractivity contribution in [3.8, 4) is 0 Å². The predicted molar refractivity (Wildman–Crippen MR) is 60.8 cm³/mol. The third kappa shape index (κ3) is 1.98. The molecule has 0 bridgehead atoms. The van der Waals surface area contributed by atoms with Crippen molar-refractivity contribution in [2.75, 3.05) is 7.05 Å². The van der Waals surface area contributed by atoms with Gasteiger partial charge in [-0.2, -0.15) is 0 Å². The molecule has 1 heterocycles. The highest BCUT2D eigenvalue weighted by atomic mass is 32.1. The lowest BCUT2D eigenvalue weighted by Gasteiger charge is -2.02. The molecule has 1 N–H and O–H groups in total. The van der Waals surface area contributed by atoms with Crippen LogP contribution >= 0.6 is 11.3 Å². The van der Waals surface area contributed by atoms with Crippen LogP contribution < -0.4 is 5.32 Å². The Labute approximate surface area is 89.8 Å². The SMILES string of the molecule is CNCc1sc(C2CCCC2)nc1C. The molecular weight excluding hydrogens is 192 g/mol. The smallest absolute Gasteiger partial charge is 0.0962 e. The number of aromatic nitrogens is 1. The van der Waals surface area contributed by atoms with Gasteiger partial charge >= 0.3 is 0 Å². The van der Waals surface area contributed by atoms with Crippen LogP contribution in [-0.2, 0) is 6.54 Å². The summed E-state index contributed by atoms with van der Waals surface area (Å²) >= 11 is 1.91. The minimum absolute atomic E-state index is 0.768. The zero-order chi connectivity index (χ0) is 9.97. The van der Waals surface area contributed by atoms with Crippen molar-refractivity contribution in [1.82, 2.24) is 10.3 Å². The zero-order valence-electron chi connectivity index (χ0n) is 8.97. The zero-order valence-corrected chi connectivity index (χ0v) is 9.78. The first-order valence-electron chi connectivity index (χ1n) is 5.42. The summed E-state index contributed by atoms with van der Waals surface area (Å²) in [6.07, 6.45) is 5.49. The van der Waals surface area contributed by atoms with Crippen molar-refractivity contribution in [1.29, 1.82) is 0 Å². The molecule has 1 aliphatic rings. The molecule has 14 heavy (non-hydrogen) atoms. The third-order valence-electron chi connectivity index (χ3n) is 2.95. The van der Waals surface area contributed by atoms with E-state index in [1.165, 1.54) is 41.3 Å². The Morgan fingerprint density at radius 1 is 1.43 bits per heavy atom. The molecule has 3 heteroatoms. The van der Waals surface area contributed by atoms with Gasteiger partial charge in [0.2, 0.25) is 0 Å². The van der Waals surface area contributed by atoms with E-state index in [4.69, 9.17) is 0 Å². The molecular formula is C11H18N2S. The van der Waals surface area contributed by atoms with Crippen LogP contribution in [0.1, 0.15) is 47.2 Å². The summed E-state index contributed by atoms with van der Waals surface area (Å²) < 4.78 is 0. The molecule has 2 nitrogen and oxygen atoms in total. The van der Waals surface area contributed by atoms with Crippen LogP contribution in [0.5, 0.6) is 0 Å². The number of nitrogens with zero attached hydrogens (tertiary/aromatic N) is 1. The monoisotopic (exact) mass is 210 g/mol. The largest absolute Gasteiger partial charge is 0.315 e. The summed E-state index contributed by atoms with van der Waals surface area (Å²) in [4.78, 5) is 6.10. The molecule has 1 aliphatic carbocycles. The Morgan fingerprint density at radius 2 is 2.14 bits per heavy atom.